The van der Waals surface area contributed by atoms with E-state index in [-0.39, 0.29) is 5.91 Å². The minimum atomic E-state index is -0.279. The lowest BCUT2D eigenvalue weighted by Gasteiger charge is -2.11. The van der Waals surface area contributed by atoms with Crippen LogP contribution in [-0.4, -0.2) is 29.8 Å². The predicted molar refractivity (Wildman–Crippen MR) is 108 cm³/mol. The lowest BCUT2D eigenvalue weighted by Crippen LogP contribution is -2.20. The Balaban J connectivity index is 1.85. The van der Waals surface area contributed by atoms with Gasteiger partial charge in [0.05, 0.1) is 10.4 Å². The van der Waals surface area contributed by atoms with Crippen molar-refractivity contribution in [3.05, 3.63) is 65.2 Å². The Bertz CT molecular complexity index is 1090. The van der Waals surface area contributed by atoms with Crippen molar-refractivity contribution in [3.63, 3.8) is 0 Å². The summed E-state index contributed by atoms with van der Waals surface area (Å²) in [5.41, 5.74) is 2.03. The number of thiophene rings is 1. The smallest absolute Gasteiger partial charge is 0.273 e. The molecule has 0 aliphatic carbocycles. The molecule has 1 aliphatic rings. The Hall–Kier alpha value is -2.90. The highest BCUT2D eigenvalue weighted by Crippen LogP contribution is 2.38. The summed E-state index contributed by atoms with van der Waals surface area (Å²) >= 11 is 7.61. The third kappa shape index (κ3) is 3.51. The van der Waals surface area contributed by atoms with Crippen molar-refractivity contribution in [1.82, 2.24) is 15.5 Å². The molecule has 1 aliphatic heterocycles. The second-order valence-corrected chi connectivity index (χ2v) is 7.26. The fourth-order valence-electron chi connectivity index (χ4n) is 2.70. The highest BCUT2D eigenvalue weighted by atomic mass is 35.5. The highest BCUT2D eigenvalue weighted by Gasteiger charge is 2.19. The number of hydrogen-bond acceptors (Lipinski definition) is 6. The molecular weight excluding hydrogens is 384 g/mol. The Kier molecular flexibility index (Phi) is 4.79. The minimum Gasteiger partial charge on any atom is -0.495 e. The van der Waals surface area contributed by atoms with Gasteiger partial charge >= 0.3 is 0 Å². The molecule has 0 spiro atoms. The van der Waals surface area contributed by atoms with Crippen LogP contribution in [-0.2, 0) is 4.74 Å². The molecule has 27 heavy (non-hydrogen) atoms. The van der Waals surface area contributed by atoms with Gasteiger partial charge in [-0.05, 0) is 35.9 Å². The van der Waals surface area contributed by atoms with Gasteiger partial charge in [0.15, 0.2) is 11.5 Å². The molecule has 3 heterocycles. The summed E-state index contributed by atoms with van der Waals surface area (Å²) in [5.74, 6) is 0.280. The summed E-state index contributed by atoms with van der Waals surface area (Å²) in [6, 6.07) is 9.58. The largest absolute Gasteiger partial charge is 0.495 e. The lowest BCUT2D eigenvalue weighted by atomic mass is 10.1. The summed E-state index contributed by atoms with van der Waals surface area (Å²) in [4.78, 5) is 13.2. The summed E-state index contributed by atoms with van der Waals surface area (Å²) in [6.07, 6.45) is 5.44. The fraction of sp³-hybridized carbons (Fsp3) is 0.105. The van der Waals surface area contributed by atoms with Gasteiger partial charge in [-0.2, -0.15) is 0 Å². The Morgan fingerprint density at radius 3 is 2.93 bits per heavy atom. The Labute approximate surface area is 164 Å². The quantitative estimate of drug-likeness (QED) is 0.688. The summed E-state index contributed by atoms with van der Waals surface area (Å²) in [5, 5.41) is 15.6. The van der Waals surface area contributed by atoms with Crippen molar-refractivity contribution >= 4 is 44.7 Å². The number of hydrogen-bond donors (Lipinski definition) is 2. The standard InChI is InChI=1S/C19H15ClN4O2S/c1-21-19(25)16-17-14(9-15(27-17)11-4-2-5-12(20)8-11)18(24-23-16)22-13-6-3-7-26-10-13/h2-6,8-10H,7H2,1H3,(H,21,25)(H,22,24). The number of carbonyl (C=O) groups is 1. The monoisotopic (exact) mass is 398 g/mol. The zero-order chi connectivity index (χ0) is 18.8. The Morgan fingerprint density at radius 1 is 1.30 bits per heavy atom. The van der Waals surface area contributed by atoms with Crippen LogP contribution >= 0.6 is 22.9 Å². The van der Waals surface area contributed by atoms with E-state index in [9.17, 15) is 4.79 Å². The molecule has 6 nitrogen and oxygen atoms in total. The number of anilines is 1. The van der Waals surface area contributed by atoms with Gasteiger partial charge in [-0.25, -0.2) is 0 Å². The predicted octanol–water partition coefficient (Wildman–Crippen LogP) is 4.21. The number of benzene rings is 1. The van der Waals surface area contributed by atoms with E-state index < -0.39 is 0 Å². The van der Waals surface area contributed by atoms with Crippen LogP contribution in [0.4, 0.5) is 5.82 Å². The first-order valence-corrected chi connectivity index (χ1v) is 9.39. The molecule has 3 aromatic rings. The maximum Gasteiger partial charge on any atom is 0.273 e. The van der Waals surface area contributed by atoms with E-state index in [1.807, 2.05) is 42.5 Å². The first-order valence-electron chi connectivity index (χ1n) is 8.19. The molecule has 1 amide bonds. The number of carbonyl (C=O) groups excluding carboxylic acids is 1. The normalized spacial score (nSPS) is 13.2. The number of halogens is 1. The number of amides is 1. The molecule has 2 N–H and O–H groups in total. The maximum atomic E-state index is 12.2. The number of rotatable bonds is 4. The number of nitrogens with one attached hydrogen (secondary N) is 2. The third-order valence-corrected chi connectivity index (χ3v) is 5.39. The number of fused-ring (bicyclic) bond motifs is 1. The van der Waals surface area contributed by atoms with Crippen LogP contribution in [0, 0.1) is 0 Å². The SMILES string of the molecule is CNC(=O)c1nnc(NC2=COCC=C2)c2cc(-c3cccc(Cl)c3)sc12. The van der Waals surface area contributed by atoms with Crippen LogP contribution in [0.2, 0.25) is 5.02 Å². The van der Waals surface area contributed by atoms with Crippen LogP contribution in [0.5, 0.6) is 0 Å². The third-order valence-electron chi connectivity index (χ3n) is 3.97. The zero-order valence-corrected chi connectivity index (χ0v) is 15.9. The van der Waals surface area contributed by atoms with Gasteiger partial charge in [-0.15, -0.1) is 21.5 Å². The van der Waals surface area contributed by atoms with Crippen LogP contribution in [0.1, 0.15) is 10.5 Å². The molecule has 0 fully saturated rings. The fourth-order valence-corrected chi connectivity index (χ4v) is 4.03. The van der Waals surface area contributed by atoms with Crippen molar-refractivity contribution < 1.29 is 9.53 Å². The van der Waals surface area contributed by atoms with Crippen molar-refractivity contribution in [1.29, 1.82) is 0 Å². The molecule has 0 unspecified atom stereocenters. The van der Waals surface area contributed by atoms with E-state index in [0.29, 0.717) is 23.1 Å². The number of ether oxygens (including phenoxy) is 1. The molecule has 8 heteroatoms. The van der Waals surface area contributed by atoms with Crippen LogP contribution in [0.15, 0.2) is 54.4 Å². The molecule has 0 bridgehead atoms. The molecule has 2 aromatic heterocycles. The zero-order valence-electron chi connectivity index (χ0n) is 14.3. The van der Waals surface area contributed by atoms with Gasteiger partial charge < -0.3 is 15.4 Å². The first kappa shape index (κ1) is 17.5. The second kappa shape index (κ2) is 7.38. The van der Waals surface area contributed by atoms with Gasteiger partial charge in [0, 0.05) is 22.3 Å². The van der Waals surface area contributed by atoms with E-state index in [2.05, 4.69) is 20.8 Å². The van der Waals surface area contributed by atoms with Crippen LogP contribution in [0.3, 0.4) is 0 Å². The molecule has 1 aromatic carbocycles. The molecule has 0 radical (unpaired) electrons. The van der Waals surface area contributed by atoms with Crippen molar-refractivity contribution in [2.75, 3.05) is 19.0 Å². The average Bonchev–Trinajstić information content (AvgIpc) is 3.14. The number of allylic oxidation sites excluding steroid dienone is 1. The highest BCUT2D eigenvalue weighted by molar-refractivity contribution is 7.22. The Morgan fingerprint density at radius 2 is 2.19 bits per heavy atom. The topological polar surface area (TPSA) is 76.1 Å². The van der Waals surface area contributed by atoms with E-state index in [1.165, 1.54) is 11.3 Å². The van der Waals surface area contributed by atoms with Crippen molar-refractivity contribution in [2.24, 2.45) is 0 Å². The van der Waals surface area contributed by atoms with Gasteiger partial charge in [-0.3, -0.25) is 4.79 Å². The van der Waals surface area contributed by atoms with Gasteiger partial charge in [0.2, 0.25) is 0 Å². The van der Waals surface area contributed by atoms with Crippen molar-refractivity contribution in [3.8, 4) is 10.4 Å². The first-order chi connectivity index (χ1) is 13.2. The van der Waals surface area contributed by atoms with Gasteiger partial charge in [0.25, 0.3) is 5.91 Å². The molecule has 0 atom stereocenters. The van der Waals surface area contributed by atoms with E-state index in [0.717, 1.165) is 26.2 Å². The lowest BCUT2D eigenvalue weighted by molar-refractivity contribution is 0.0959. The average molecular weight is 399 g/mol. The number of aromatic nitrogens is 2. The molecule has 0 saturated carbocycles. The van der Waals surface area contributed by atoms with E-state index in [4.69, 9.17) is 16.3 Å². The van der Waals surface area contributed by atoms with Gasteiger partial charge in [0.1, 0.15) is 12.9 Å². The van der Waals surface area contributed by atoms with E-state index in [1.54, 1.807) is 13.3 Å². The maximum absolute atomic E-state index is 12.2. The number of nitrogens with zero attached hydrogens (tertiary/aromatic N) is 2. The van der Waals surface area contributed by atoms with Gasteiger partial charge in [-0.1, -0.05) is 23.7 Å². The molecule has 0 saturated heterocycles. The summed E-state index contributed by atoms with van der Waals surface area (Å²) in [7, 11) is 1.57. The van der Waals surface area contributed by atoms with E-state index >= 15 is 0 Å². The second-order valence-electron chi connectivity index (χ2n) is 5.77. The molecule has 136 valence electrons. The summed E-state index contributed by atoms with van der Waals surface area (Å²) in [6.45, 7) is 0.541. The summed E-state index contributed by atoms with van der Waals surface area (Å²) < 4.78 is 6.05. The molecular formula is C19H15ClN4O2S. The van der Waals surface area contributed by atoms with Crippen molar-refractivity contribution in [2.45, 2.75) is 0 Å². The van der Waals surface area contributed by atoms with Crippen LogP contribution < -0.4 is 10.6 Å². The van der Waals surface area contributed by atoms with Crippen LogP contribution in [0.25, 0.3) is 20.5 Å². The molecule has 4 rings (SSSR count). The minimum absolute atomic E-state index is 0.279.